The summed E-state index contributed by atoms with van der Waals surface area (Å²) in [5.41, 5.74) is 6.17. The van der Waals surface area contributed by atoms with E-state index < -0.39 is 0 Å². The van der Waals surface area contributed by atoms with Gasteiger partial charge in [0.05, 0.1) is 25.5 Å². The normalized spacial score (nSPS) is 10.9. The third-order valence-corrected chi connectivity index (χ3v) is 2.53. The summed E-state index contributed by atoms with van der Waals surface area (Å²) in [6.07, 6.45) is 1.50. The third kappa shape index (κ3) is 2.74. The number of anilines is 1. The Kier molecular flexibility index (Phi) is 3.81. The van der Waals surface area contributed by atoms with E-state index in [1.54, 1.807) is 12.1 Å². The number of rotatable bonds is 4. The van der Waals surface area contributed by atoms with Gasteiger partial charge in [0, 0.05) is 5.56 Å². The number of benzene rings is 1. The lowest BCUT2D eigenvalue weighted by atomic mass is 10.2. The highest BCUT2D eigenvalue weighted by Crippen LogP contribution is 2.35. The van der Waals surface area contributed by atoms with E-state index in [0.717, 1.165) is 4.79 Å². The second-order valence-corrected chi connectivity index (χ2v) is 3.82. The maximum Gasteiger partial charge on any atom is 0.263 e. The smallest absolute Gasteiger partial charge is 0.263 e. The first-order chi connectivity index (χ1) is 9.15. The van der Waals surface area contributed by atoms with E-state index in [1.807, 2.05) is 0 Å². The van der Waals surface area contributed by atoms with E-state index in [2.05, 4.69) is 20.6 Å². The van der Waals surface area contributed by atoms with Gasteiger partial charge in [-0.3, -0.25) is 0 Å². The molecule has 1 aromatic heterocycles. The van der Waals surface area contributed by atoms with Crippen molar-refractivity contribution in [3.63, 3.8) is 0 Å². The summed E-state index contributed by atoms with van der Waals surface area (Å²) in [4.78, 5) is 1.09. The first-order valence-corrected chi connectivity index (χ1v) is 5.53. The molecule has 9 heteroatoms. The zero-order chi connectivity index (χ0) is 13.8. The van der Waals surface area contributed by atoms with Gasteiger partial charge in [-0.1, -0.05) is 21.5 Å². The lowest BCUT2D eigenvalue weighted by Crippen LogP contribution is -2.00. The van der Waals surface area contributed by atoms with Gasteiger partial charge in [-0.25, -0.2) is 0 Å². The Morgan fingerprint density at radius 3 is 2.74 bits per heavy atom. The molecule has 0 spiro atoms. The van der Waals surface area contributed by atoms with Gasteiger partial charge in [-0.2, -0.15) is 5.10 Å². The Morgan fingerprint density at radius 2 is 2.16 bits per heavy atom. The van der Waals surface area contributed by atoms with E-state index in [-0.39, 0.29) is 5.95 Å². The first kappa shape index (κ1) is 13.1. The molecule has 0 radical (unpaired) electrons. The molecular formula is C10H11ClN6O2. The molecule has 1 aromatic carbocycles. The van der Waals surface area contributed by atoms with Crippen LogP contribution in [-0.2, 0) is 0 Å². The third-order valence-electron chi connectivity index (χ3n) is 2.25. The lowest BCUT2D eigenvalue weighted by molar-refractivity contribution is 0.355. The number of aromatic nitrogens is 4. The van der Waals surface area contributed by atoms with E-state index in [1.165, 1.54) is 20.4 Å². The number of nitrogens with two attached hydrogens (primary N) is 1. The number of halogens is 1. The zero-order valence-electron chi connectivity index (χ0n) is 10.2. The van der Waals surface area contributed by atoms with Gasteiger partial charge in [0.15, 0.2) is 11.5 Å². The molecule has 0 amide bonds. The number of nitrogen functional groups attached to an aromatic ring is 1. The summed E-state index contributed by atoms with van der Waals surface area (Å²) in [6.45, 7) is 0. The Bertz CT molecular complexity index is 612. The second kappa shape index (κ2) is 5.53. The standard InChI is InChI=1S/C10H11ClN6O2/c1-18-8-4-6(3-7(11)9(8)19-2)5-13-17-10(12)14-15-16-17/h3-5H,1-2H3,(H2,12,14,16)/b13-5-. The monoisotopic (exact) mass is 282 g/mol. The molecule has 2 rings (SSSR count). The van der Waals surface area contributed by atoms with Crippen molar-refractivity contribution in [2.45, 2.75) is 0 Å². The molecule has 0 unspecified atom stereocenters. The van der Waals surface area contributed by atoms with Crippen LogP contribution in [0, 0.1) is 0 Å². The van der Waals surface area contributed by atoms with Crippen molar-refractivity contribution in [1.29, 1.82) is 0 Å². The summed E-state index contributed by atoms with van der Waals surface area (Å²) in [5.74, 6) is 1.05. The van der Waals surface area contributed by atoms with Crippen LogP contribution in [0.1, 0.15) is 5.56 Å². The van der Waals surface area contributed by atoms with Crippen LogP contribution in [0.25, 0.3) is 0 Å². The van der Waals surface area contributed by atoms with Crippen molar-refractivity contribution in [1.82, 2.24) is 20.3 Å². The molecule has 0 bridgehead atoms. The average Bonchev–Trinajstić information content (AvgIpc) is 2.81. The summed E-state index contributed by atoms with van der Waals surface area (Å²) in [7, 11) is 3.04. The van der Waals surface area contributed by atoms with Gasteiger partial charge in [-0.05, 0) is 22.6 Å². The van der Waals surface area contributed by atoms with Crippen molar-refractivity contribution in [3.8, 4) is 11.5 Å². The molecule has 2 aromatic rings. The minimum atomic E-state index is 0.0859. The Morgan fingerprint density at radius 1 is 1.37 bits per heavy atom. The van der Waals surface area contributed by atoms with Crippen LogP contribution in [0.2, 0.25) is 5.02 Å². The van der Waals surface area contributed by atoms with Crippen LogP contribution >= 0.6 is 11.6 Å². The molecule has 19 heavy (non-hydrogen) atoms. The van der Waals surface area contributed by atoms with E-state index in [0.29, 0.717) is 22.1 Å². The molecule has 0 fully saturated rings. The SMILES string of the molecule is COc1cc(/C=N\n2nnnc2N)cc(Cl)c1OC. The molecule has 2 N–H and O–H groups in total. The fourth-order valence-electron chi connectivity index (χ4n) is 1.41. The summed E-state index contributed by atoms with van der Waals surface area (Å²) in [5, 5.41) is 14.8. The maximum absolute atomic E-state index is 6.07. The fourth-order valence-corrected chi connectivity index (χ4v) is 1.70. The highest BCUT2D eigenvalue weighted by Gasteiger charge is 2.10. The lowest BCUT2D eigenvalue weighted by Gasteiger charge is -2.09. The molecule has 0 saturated carbocycles. The van der Waals surface area contributed by atoms with Crippen LogP contribution in [0.15, 0.2) is 17.2 Å². The topological polar surface area (TPSA) is 100 Å². The van der Waals surface area contributed by atoms with E-state index in [4.69, 9.17) is 26.8 Å². The largest absolute Gasteiger partial charge is 0.493 e. The zero-order valence-corrected chi connectivity index (χ0v) is 11.0. The fraction of sp³-hybridized carbons (Fsp3) is 0.200. The average molecular weight is 283 g/mol. The molecule has 0 saturated heterocycles. The molecular weight excluding hydrogens is 272 g/mol. The van der Waals surface area contributed by atoms with Crippen LogP contribution in [0.5, 0.6) is 11.5 Å². The van der Waals surface area contributed by atoms with Crippen molar-refractivity contribution in [2.75, 3.05) is 20.0 Å². The van der Waals surface area contributed by atoms with Gasteiger partial charge in [-0.15, -0.1) is 0 Å². The number of hydrogen-bond donors (Lipinski definition) is 1. The Labute approximate surface area is 113 Å². The summed E-state index contributed by atoms with van der Waals surface area (Å²) in [6, 6.07) is 3.39. The number of ether oxygens (including phenoxy) is 2. The van der Waals surface area contributed by atoms with Crippen molar-refractivity contribution >= 4 is 23.8 Å². The maximum atomic E-state index is 6.07. The Balaban J connectivity index is 2.34. The number of tetrazole rings is 1. The van der Waals surface area contributed by atoms with Gasteiger partial charge < -0.3 is 15.2 Å². The number of nitrogens with zero attached hydrogens (tertiary/aromatic N) is 5. The van der Waals surface area contributed by atoms with Crippen molar-refractivity contribution in [2.24, 2.45) is 5.10 Å². The molecule has 0 atom stereocenters. The molecule has 0 aliphatic rings. The van der Waals surface area contributed by atoms with Crippen LogP contribution in [0.3, 0.4) is 0 Å². The van der Waals surface area contributed by atoms with Gasteiger partial charge >= 0.3 is 0 Å². The van der Waals surface area contributed by atoms with Crippen LogP contribution < -0.4 is 15.2 Å². The highest BCUT2D eigenvalue weighted by molar-refractivity contribution is 6.32. The van der Waals surface area contributed by atoms with Gasteiger partial charge in [0.1, 0.15) is 0 Å². The molecule has 1 heterocycles. The quantitative estimate of drug-likeness (QED) is 0.833. The minimum Gasteiger partial charge on any atom is -0.493 e. The molecule has 100 valence electrons. The van der Waals surface area contributed by atoms with Crippen molar-refractivity contribution < 1.29 is 9.47 Å². The second-order valence-electron chi connectivity index (χ2n) is 3.41. The Hall–Kier alpha value is -2.35. The van der Waals surface area contributed by atoms with Crippen LogP contribution in [-0.4, -0.2) is 40.8 Å². The first-order valence-electron chi connectivity index (χ1n) is 5.15. The van der Waals surface area contributed by atoms with Crippen molar-refractivity contribution in [3.05, 3.63) is 22.7 Å². The predicted molar refractivity (Wildman–Crippen MR) is 69.8 cm³/mol. The molecule has 8 nitrogen and oxygen atoms in total. The minimum absolute atomic E-state index is 0.0859. The number of hydrogen-bond acceptors (Lipinski definition) is 7. The number of methoxy groups -OCH3 is 2. The molecule has 0 aliphatic heterocycles. The molecule has 0 aliphatic carbocycles. The summed E-state index contributed by atoms with van der Waals surface area (Å²) >= 11 is 6.07. The highest BCUT2D eigenvalue weighted by atomic mass is 35.5. The van der Waals surface area contributed by atoms with Gasteiger partial charge in [0.2, 0.25) is 0 Å². The predicted octanol–water partition coefficient (Wildman–Crippen LogP) is 0.808. The van der Waals surface area contributed by atoms with E-state index >= 15 is 0 Å². The summed E-state index contributed by atoms with van der Waals surface area (Å²) < 4.78 is 10.3. The van der Waals surface area contributed by atoms with Crippen LogP contribution in [0.4, 0.5) is 5.95 Å². The van der Waals surface area contributed by atoms with Gasteiger partial charge in [0.25, 0.3) is 5.95 Å². The van der Waals surface area contributed by atoms with E-state index in [9.17, 15) is 0 Å².